The fourth-order valence-electron chi connectivity index (χ4n) is 0.0833. The molecule has 0 unspecified atom stereocenters. The molecule has 0 bridgehead atoms. The summed E-state index contributed by atoms with van der Waals surface area (Å²) >= 11 is 0. The van der Waals surface area contributed by atoms with E-state index in [1.54, 1.807) is 0 Å². The van der Waals surface area contributed by atoms with E-state index in [-0.39, 0.29) is 0 Å². The lowest BCUT2D eigenvalue weighted by Gasteiger charge is -2.07. The molecule has 0 amide bonds. The van der Waals surface area contributed by atoms with Gasteiger partial charge in [-0.1, -0.05) is 6.58 Å². The minimum atomic E-state index is -3.33. The SMILES string of the molecule is C=C[Si](O)(O)O[SiH3]. The molecular formula is C2H8O3Si2. The van der Waals surface area contributed by atoms with E-state index in [2.05, 4.69) is 10.7 Å². The molecule has 0 aliphatic heterocycles. The Morgan fingerprint density at radius 3 is 2.14 bits per heavy atom. The van der Waals surface area contributed by atoms with Gasteiger partial charge in [0.15, 0.2) is 0 Å². The van der Waals surface area contributed by atoms with E-state index in [0.29, 0.717) is 10.5 Å². The molecule has 0 aromatic carbocycles. The van der Waals surface area contributed by atoms with Gasteiger partial charge < -0.3 is 13.7 Å². The zero-order valence-corrected chi connectivity index (χ0v) is 7.09. The monoisotopic (exact) mass is 136 g/mol. The second kappa shape index (κ2) is 2.38. The van der Waals surface area contributed by atoms with Crippen LogP contribution in [-0.4, -0.2) is 28.9 Å². The zero-order valence-electron chi connectivity index (χ0n) is 4.09. The molecule has 0 spiro atoms. The summed E-state index contributed by atoms with van der Waals surface area (Å²) < 4.78 is 4.36. The van der Waals surface area contributed by atoms with E-state index in [9.17, 15) is 0 Å². The first-order valence-electron chi connectivity index (χ1n) is 1.76. The first kappa shape index (κ1) is 7.05. The first-order chi connectivity index (χ1) is 3.12. The Morgan fingerprint density at radius 1 is 1.71 bits per heavy atom. The van der Waals surface area contributed by atoms with Crippen LogP contribution in [0.4, 0.5) is 0 Å². The van der Waals surface area contributed by atoms with Gasteiger partial charge in [-0.15, -0.1) is 0 Å². The maximum Gasteiger partial charge on any atom is 0.512 e. The summed E-state index contributed by atoms with van der Waals surface area (Å²) in [6, 6.07) is 0. The highest BCUT2D eigenvalue weighted by Crippen LogP contribution is 1.89. The largest absolute Gasteiger partial charge is 0.512 e. The van der Waals surface area contributed by atoms with Crippen LogP contribution in [0.1, 0.15) is 0 Å². The van der Waals surface area contributed by atoms with Crippen molar-refractivity contribution in [3.63, 3.8) is 0 Å². The average molecular weight is 136 g/mol. The lowest BCUT2D eigenvalue weighted by atomic mass is 11.3. The minimum absolute atomic E-state index is 0.347. The smallest absolute Gasteiger partial charge is 0.422 e. The molecule has 42 valence electrons. The van der Waals surface area contributed by atoms with Gasteiger partial charge >= 0.3 is 8.80 Å². The van der Waals surface area contributed by atoms with Crippen LogP contribution >= 0.6 is 0 Å². The van der Waals surface area contributed by atoms with Gasteiger partial charge in [0.25, 0.3) is 0 Å². The summed E-state index contributed by atoms with van der Waals surface area (Å²) in [4.78, 5) is 17.0. The highest BCUT2D eigenvalue weighted by atomic mass is 28.4. The third-order valence-corrected chi connectivity index (χ3v) is 3.50. The van der Waals surface area contributed by atoms with Crippen molar-refractivity contribution < 1.29 is 13.7 Å². The molecule has 0 aromatic rings. The van der Waals surface area contributed by atoms with E-state index >= 15 is 0 Å². The van der Waals surface area contributed by atoms with Crippen LogP contribution in [-0.2, 0) is 4.12 Å². The number of hydrogen-bond acceptors (Lipinski definition) is 3. The average Bonchev–Trinajstić information content (AvgIpc) is 1.68. The van der Waals surface area contributed by atoms with Crippen LogP contribution in [0.5, 0.6) is 0 Å². The molecule has 0 fully saturated rings. The highest BCUT2D eigenvalue weighted by molar-refractivity contribution is 6.66. The Hall–Kier alpha value is 0.0538. The molecule has 0 saturated heterocycles. The quantitative estimate of drug-likeness (QED) is 0.429. The summed E-state index contributed by atoms with van der Waals surface area (Å²) in [5.74, 6) is 0. The van der Waals surface area contributed by atoms with Crippen molar-refractivity contribution in [3.05, 3.63) is 12.3 Å². The van der Waals surface area contributed by atoms with Crippen molar-refractivity contribution in [3.8, 4) is 0 Å². The Labute approximate surface area is 46.2 Å². The first-order valence-corrected chi connectivity index (χ1v) is 4.45. The fraction of sp³-hybridized carbons (Fsp3) is 0. The van der Waals surface area contributed by atoms with Gasteiger partial charge in [-0.25, -0.2) is 0 Å². The van der Waals surface area contributed by atoms with Crippen molar-refractivity contribution in [1.29, 1.82) is 0 Å². The van der Waals surface area contributed by atoms with Gasteiger partial charge in [0.05, 0.1) is 0 Å². The maximum absolute atomic E-state index is 8.52. The minimum Gasteiger partial charge on any atom is -0.422 e. The van der Waals surface area contributed by atoms with Crippen molar-refractivity contribution in [2.45, 2.75) is 0 Å². The lowest BCUT2D eigenvalue weighted by molar-refractivity contribution is 0.269. The van der Waals surface area contributed by atoms with Crippen molar-refractivity contribution in [2.24, 2.45) is 0 Å². The van der Waals surface area contributed by atoms with Gasteiger partial charge in [-0.3, -0.25) is 0 Å². The van der Waals surface area contributed by atoms with E-state index in [1.807, 2.05) is 0 Å². The standard InChI is InChI=1S/C2H8O3Si2/c1-2-7(3,4)5-6/h2-4H,1H2,6H3. The van der Waals surface area contributed by atoms with Crippen LogP contribution < -0.4 is 0 Å². The molecule has 7 heavy (non-hydrogen) atoms. The van der Waals surface area contributed by atoms with E-state index < -0.39 is 8.80 Å². The highest BCUT2D eigenvalue weighted by Gasteiger charge is 2.23. The molecule has 0 rings (SSSR count). The predicted octanol–water partition coefficient (Wildman–Crippen LogP) is -2.07. The zero-order chi connectivity index (χ0) is 5.91. The van der Waals surface area contributed by atoms with Crippen molar-refractivity contribution in [1.82, 2.24) is 0 Å². The van der Waals surface area contributed by atoms with Crippen LogP contribution in [0.25, 0.3) is 0 Å². The third-order valence-electron chi connectivity index (χ3n) is 0.566. The second-order valence-electron chi connectivity index (χ2n) is 1.07. The van der Waals surface area contributed by atoms with Crippen molar-refractivity contribution >= 4 is 19.3 Å². The van der Waals surface area contributed by atoms with Gasteiger partial charge in [0, 0.05) is 0 Å². The Kier molecular flexibility index (Phi) is 2.40. The molecule has 2 N–H and O–H groups in total. The molecule has 0 heterocycles. The normalized spacial score (nSPS) is 11.7. The fourth-order valence-corrected chi connectivity index (χ4v) is 0.750. The third kappa shape index (κ3) is 2.71. The maximum atomic E-state index is 8.52. The van der Waals surface area contributed by atoms with Gasteiger partial charge in [-0.2, -0.15) is 0 Å². The van der Waals surface area contributed by atoms with E-state index in [1.165, 1.54) is 0 Å². The molecule has 3 nitrogen and oxygen atoms in total. The van der Waals surface area contributed by atoms with Gasteiger partial charge in [-0.05, 0) is 5.70 Å². The van der Waals surface area contributed by atoms with E-state index in [0.717, 1.165) is 5.70 Å². The summed E-state index contributed by atoms with van der Waals surface area (Å²) in [6.07, 6.45) is 0. The summed E-state index contributed by atoms with van der Waals surface area (Å²) in [7, 11) is -2.98. The topological polar surface area (TPSA) is 49.7 Å². The molecule has 0 aromatic heterocycles. The van der Waals surface area contributed by atoms with Crippen molar-refractivity contribution in [2.75, 3.05) is 0 Å². The number of rotatable bonds is 2. The molecule has 5 heteroatoms. The van der Waals surface area contributed by atoms with Crippen LogP contribution in [0.15, 0.2) is 12.3 Å². The Balaban J connectivity index is 3.58. The molecule has 0 saturated carbocycles. The summed E-state index contributed by atoms with van der Waals surface area (Å²) in [6.45, 7) is 3.16. The molecule has 0 atom stereocenters. The predicted molar refractivity (Wildman–Crippen MR) is 31.4 cm³/mol. The summed E-state index contributed by atoms with van der Waals surface area (Å²) in [5, 5.41) is 0. The molecular weight excluding hydrogens is 128 g/mol. The van der Waals surface area contributed by atoms with Gasteiger partial charge in [0.2, 0.25) is 0 Å². The lowest BCUT2D eigenvalue weighted by Crippen LogP contribution is -2.35. The van der Waals surface area contributed by atoms with E-state index in [4.69, 9.17) is 9.59 Å². The molecule has 0 aliphatic carbocycles. The Morgan fingerprint density at radius 2 is 2.14 bits per heavy atom. The van der Waals surface area contributed by atoms with Crippen LogP contribution in [0.2, 0.25) is 0 Å². The summed E-state index contributed by atoms with van der Waals surface area (Å²) in [5.41, 5.74) is 1.06. The van der Waals surface area contributed by atoms with Crippen LogP contribution in [0.3, 0.4) is 0 Å². The van der Waals surface area contributed by atoms with Gasteiger partial charge in [0.1, 0.15) is 10.5 Å². The number of hydrogen-bond donors (Lipinski definition) is 2. The Bertz CT molecular complexity index is 71.3. The van der Waals surface area contributed by atoms with Crippen LogP contribution in [0, 0.1) is 0 Å². The second-order valence-corrected chi connectivity index (χ2v) is 4.43. The molecule has 0 aliphatic rings. The molecule has 0 radical (unpaired) electrons.